The van der Waals surface area contributed by atoms with Crippen molar-refractivity contribution in [2.45, 2.75) is 43.5 Å². The van der Waals surface area contributed by atoms with Crippen LogP contribution in [-0.2, 0) is 6.54 Å². The number of hydrogen-bond acceptors (Lipinski definition) is 2. The summed E-state index contributed by atoms with van der Waals surface area (Å²) in [5.74, 6) is -0.918. The average molecular weight is 271 g/mol. The van der Waals surface area contributed by atoms with Gasteiger partial charge in [0.2, 0.25) is 0 Å². The van der Waals surface area contributed by atoms with Crippen LogP contribution < -0.4 is 5.32 Å². The van der Waals surface area contributed by atoms with Crippen LogP contribution in [0.15, 0.2) is 18.2 Å². The normalized spacial score (nSPS) is 24.2. The SMILES string of the molecule is CSC1CCCCC1NCc1c(F)cccc1F. The number of rotatable bonds is 4. The zero-order valence-electron chi connectivity index (χ0n) is 10.6. The van der Waals surface area contributed by atoms with E-state index in [-0.39, 0.29) is 12.1 Å². The lowest BCUT2D eigenvalue weighted by Crippen LogP contribution is -2.40. The molecule has 1 aromatic rings. The van der Waals surface area contributed by atoms with E-state index in [2.05, 4.69) is 11.6 Å². The molecule has 1 nitrogen and oxygen atoms in total. The van der Waals surface area contributed by atoms with Crippen molar-refractivity contribution in [3.8, 4) is 0 Å². The molecule has 1 saturated carbocycles. The van der Waals surface area contributed by atoms with Gasteiger partial charge in [0, 0.05) is 23.4 Å². The monoisotopic (exact) mass is 271 g/mol. The lowest BCUT2D eigenvalue weighted by molar-refractivity contribution is 0.377. The molecule has 2 rings (SSSR count). The lowest BCUT2D eigenvalue weighted by atomic mass is 9.94. The van der Waals surface area contributed by atoms with Gasteiger partial charge in [0.15, 0.2) is 0 Å². The topological polar surface area (TPSA) is 12.0 Å². The van der Waals surface area contributed by atoms with Crippen molar-refractivity contribution in [1.82, 2.24) is 5.32 Å². The molecule has 0 bridgehead atoms. The second kappa shape index (κ2) is 6.53. The molecule has 1 N–H and O–H groups in total. The highest BCUT2D eigenvalue weighted by atomic mass is 32.2. The second-order valence-corrected chi connectivity index (χ2v) is 5.82. The maximum atomic E-state index is 13.5. The predicted molar refractivity (Wildman–Crippen MR) is 72.8 cm³/mol. The molecule has 0 heterocycles. The molecule has 1 aliphatic carbocycles. The van der Waals surface area contributed by atoms with Gasteiger partial charge in [0.05, 0.1) is 0 Å². The molecule has 0 amide bonds. The molecular weight excluding hydrogens is 252 g/mol. The molecule has 0 aliphatic heterocycles. The van der Waals surface area contributed by atoms with Gasteiger partial charge < -0.3 is 5.32 Å². The number of thioether (sulfide) groups is 1. The van der Waals surface area contributed by atoms with Gasteiger partial charge in [0.25, 0.3) is 0 Å². The van der Waals surface area contributed by atoms with E-state index in [4.69, 9.17) is 0 Å². The van der Waals surface area contributed by atoms with Crippen molar-refractivity contribution < 1.29 is 8.78 Å². The Morgan fingerprint density at radius 1 is 1.22 bits per heavy atom. The Labute approximate surface area is 111 Å². The highest BCUT2D eigenvalue weighted by molar-refractivity contribution is 7.99. The summed E-state index contributed by atoms with van der Waals surface area (Å²) in [5.41, 5.74) is 0.155. The molecule has 4 heteroatoms. The molecule has 1 aliphatic rings. The Balaban J connectivity index is 1.98. The summed E-state index contributed by atoms with van der Waals surface area (Å²) < 4.78 is 27.0. The van der Waals surface area contributed by atoms with Gasteiger partial charge in [0.1, 0.15) is 11.6 Å². The third-order valence-corrected chi connectivity index (χ3v) is 4.78. The molecule has 1 fully saturated rings. The van der Waals surface area contributed by atoms with E-state index in [0.29, 0.717) is 11.3 Å². The van der Waals surface area contributed by atoms with E-state index < -0.39 is 11.6 Å². The second-order valence-electron chi connectivity index (χ2n) is 4.75. The van der Waals surface area contributed by atoms with Gasteiger partial charge in [-0.05, 0) is 31.2 Å². The van der Waals surface area contributed by atoms with Gasteiger partial charge in [-0.2, -0.15) is 11.8 Å². The van der Waals surface area contributed by atoms with Gasteiger partial charge in [-0.15, -0.1) is 0 Å². The minimum Gasteiger partial charge on any atom is -0.309 e. The Hall–Kier alpha value is -0.610. The molecule has 18 heavy (non-hydrogen) atoms. The van der Waals surface area contributed by atoms with Crippen molar-refractivity contribution in [1.29, 1.82) is 0 Å². The summed E-state index contributed by atoms with van der Waals surface area (Å²) in [7, 11) is 0. The summed E-state index contributed by atoms with van der Waals surface area (Å²) >= 11 is 1.85. The van der Waals surface area contributed by atoms with Gasteiger partial charge in [-0.1, -0.05) is 18.9 Å². The maximum Gasteiger partial charge on any atom is 0.130 e. The lowest BCUT2D eigenvalue weighted by Gasteiger charge is -2.31. The fourth-order valence-electron chi connectivity index (χ4n) is 2.55. The Kier molecular flexibility index (Phi) is 5.01. The molecule has 100 valence electrons. The highest BCUT2D eigenvalue weighted by Crippen LogP contribution is 2.27. The molecule has 0 aromatic heterocycles. The smallest absolute Gasteiger partial charge is 0.130 e. The van der Waals surface area contributed by atoms with Crippen LogP contribution in [0.4, 0.5) is 8.78 Å². The minimum absolute atomic E-state index is 0.155. The van der Waals surface area contributed by atoms with E-state index in [1.165, 1.54) is 37.5 Å². The zero-order valence-corrected chi connectivity index (χ0v) is 11.4. The molecule has 0 radical (unpaired) electrons. The molecule has 0 spiro atoms. The first-order valence-electron chi connectivity index (χ1n) is 6.41. The summed E-state index contributed by atoms with van der Waals surface area (Å²) in [4.78, 5) is 0. The van der Waals surface area contributed by atoms with Crippen LogP contribution in [0.3, 0.4) is 0 Å². The third-order valence-electron chi connectivity index (χ3n) is 3.61. The zero-order chi connectivity index (χ0) is 13.0. The fourth-order valence-corrected chi connectivity index (χ4v) is 3.51. The van der Waals surface area contributed by atoms with Crippen LogP contribution in [-0.4, -0.2) is 17.5 Å². The minimum atomic E-state index is -0.459. The van der Waals surface area contributed by atoms with Crippen molar-refractivity contribution in [3.05, 3.63) is 35.4 Å². The summed E-state index contributed by atoms with van der Waals surface area (Å²) in [6.45, 7) is 0.278. The summed E-state index contributed by atoms with van der Waals surface area (Å²) in [6.07, 6.45) is 6.86. The first kappa shape index (κ1) is 13.8. The average Bonchev–Trinajstić information content (AvgIpc) is 2.38. The molecule has 2 atom stereocenters. The molecule has 0 saturated heterocycles. The third kappa shape index (κ3) is 3.23. The van der Waals surface area contributed by atoms with Crippen LogP contribution in [0.2, 0.25) is 0 Å². The standard InChI is InChI=1S/C14H19F2NS/c1-18-14-8-3-2-7-13(14)17-9-10-11(15)5-4-6-12(10)16/h4-6,13-14,17H,2-3,7-9H2,1H3. The molecule has 1 aromatic carbocycles. The Morgan fingerprint density at radius 3 is 2.56 bits per heavy atom. The molecule has 2 unspecified atom stereocenters. The Bertz CT molecular complexity index is 377. The number of nitrogens with one attached hydrogen (secondary N) is 1. The fraction of sp³-hybridized carbons (Fsp3) is 0.571. The summed E-state index contributed by atoms with van der Waals surface area (Å²) in [5, 5.41) is 3.88. The number of benzene rings is 1. The van der Waals surface area contributed by atoms with Gasteiger partial charge >= 0.3 is 0 Å². The van der Waals surface area contributed by atoms with Crippen LogP contribution in [0.1, 0.15) is 31.2 Å². The van der Waals surface area contributed by atoms with E-state index >= 15 is 0 Å². The van der Waals surface area contributed by atoms with Gasteiger partial charge in [-0.25, -0.2) is 8.78 Å². The van der Waals surface area contributed by atoms with E-state index in [1.807, 2.05) is 11.8 Å². The van der Waals surface area contributed by atoms with Crippen molar-refractivity contribution >= 4 is 11.8 Å². The first-order chi connectivity index (χ1) is 8.72. The van der Waals surface area contributed by atoms with Crippen LogP contribution in [0.5, 0.6) is 0 Å². The maximum absolute atomic E-state index is 13.5. The van der Waals surface area contributed by atoms with Crippen LogP contribution >= 0.6 is 11.8 Å². The van der Waals surface area contributed by atoms with Crippen LogP contribution in [0.25, 0.3) is 0 Å². The highest BCUT2D eigenvalue weighted by Gasteiger charge is 2.24. The number of hydrogen-bond donors (Lipinski definition) is 1. The largest absolute Gasteiger partial charge is 0.309 e. The van der Waals surface area contributed by atoms with Gasteiger partial charge in [-0.3, -0.25) is 0 Å². The van der Waals surface area contributed by atoms with E-state index in [0.717, 1.165) is 6.42 Å². The predicted octanol–water partition coefficient (Wildman–Crippen LogP) is 3.73. The van der Waals surface area contributed by atoms with Crippen LogP contribution in [0, 0.1) is 11.6 Å². The van der Waals surface area contributed by atoms with Crippen molar-refractivity contribution in [2.24, 2.45) is 0 Å². The van der Waals surface area contributed by atoms with E-state index in [9.17, 15) is 8.78 Å². The molecular formula is C14H19F2NS. The quantitative estimate of drug-likeness (QED) is 0.895. The summed E-state index contributed by atoms with van der Waals surface area (Å²) in [6, 6.07) is 4.40. The Morgan fingerprint density at radius 2 is 1.89 bits per heavy atom. The van der Waals surface area contributed by atoms with E-state index in [1.54, 1.807) is 0 Å². The number of halogens is 2. The van der Waals surface area contributed by atoms with Crippen molar-refractivity contribution in [3.63, 3.8) is 0 Å². The van der Waals surface area contributed by atoms with Crippen molar-refractivity contribution in [2.75, 3.05) is 6.26 Å². The first-order valence-corrected chi connectivity index (χ1v) is 7.70.